The van der Waals surface area contributed by atoms with E-state index in [4.69, 9.17) is 0 Å². The molecule has 21 heavy (non-hydrogen) atoms. The van der Waals surface area contributed by atoms with E-state index < -0.39 is 0 Å². The average molecular weight is 326 g/mol. The lowest BCUT2D eigenvalue weighted by molar-refractivity contribution is 0.153. The molecule has 1 aromatic carbocycles. The zero-order valence-corrected chi connectivity index (χ0v) is 14.1. The first kappa shape index (κ1) is 15.7. The highest BCUT2D eigenvalue weighted by Gasteiger charge is 2.26. The van der Waals surface area contributed by atoms with Crippen molar-refractivity contribution in [1.82, 2.24) is 4.90 Å². The molecule has 0 radical (unpaired) electrons. The summed E-state index contributed by atoms with van der Waals surface area (Å²) in [5.74, 6) is 5.84. The second-order valence-electron chi connectivity index (χ2n) is 6.08. The van der Waals surface area contributed by atoms with Gasteiger partial charge >= 0.3 is 0 Å². The standard InChI is InChI=1S/C17H24FNS2/c18-17-4-2-1-3-15(17)11-14-5-7-19(8-6-14)16-12-20-9-10-21-13-16/h1-4,14,16H,5-13H2. The lowest BCUT2D eigenvalue weighted by Crippen LogP contribution is -2.44. The topological polar surface area (TPSA) is 3.24 Å². The maximum Gasteiger partial charge on any atom is 0.126 e. The minimum atomic E-state index is -0.0310. The SMILES string of the molecule is Fc1ccccc1CC1CCN(C2CSCCSC2)CC1. The van der Waals surface area contributed by atoms with Crippen LogP contribution in [0.25, 0.3) is 0 Å². The Labute approximate surface area is 136 Å². The number of piperidine rings is 1. The number of rotatable bonds is 3. The third-order valence-electron chi connectivity index (χ3n) is 4.62. The first-order chi connectivity index (χ1) is 10.3. The normalized spacial score (nSPS) is 23.1. The van der Waals surface area contributed by atoms with Gasteiger partial charge in [0.2, 0.25) is 0 Å². The minimum Gasteiger partial charge on any atom is -0.299 e. The van der Waals surface area contributed by atoms with E-state index in [2.05, 4.69) is 28.4 Å². The summed E-state index contributed by atoms with van der Waals surface area (Å²) in [7, 11) is 0. The van der Waals surface area contributed by atoms with Crippen molar-refractivity contribution in [3.63, 3.8) is 0 Å². The van der Waals surface area contributed by atoms with Crippen LogP contribution in [0, 0.1) is 11.7 Å². The van der Waals surface area contributed by atoms with E-state index >= 15 is 0 Å². The van der Waals surface area contributed by atoms with Crippen LogP contribution in [-0.2, 0) is 6.42 Å². The van der Waals surface area contributed by atoms with Crippen LogP contribution in [0.15, 0.2) is 24.3 Å². The van der Waals surface area contributed by atoms with Gasteiger partial charge in [0, 0.05) is 29.1 Å². The molecule has 0 saturated carbocycles. The fraction of sp³-hybridized carbons (Fsp3) is 0.647. The Morgan fingerprint density at radius 2 is 1.71 bits per heavy atom. The molecule has 4 heteroatoms. The van der Waals surface area contributed by atoms with Crippen molar-refractivity contribution in [3.05, 3.63) is 35.6 Å². The van der Waals surface area contributed by atoms with Gasteiger partial charge in [-0.15, -0.1) is 0 Å². The average Bonchev–Trinajstić information content (AvgIpc) is 2.80. The van der Waals surface area contributed by atoms with E-state index in [0.29, 0.717) is 5.92 Å². The molecule has 0 aliphatic carbocycles. The van der Waals surface area contributed by atoms with Gasteiger partial charge in [0.1, 0.15) is 5.82 Å². The maximum absolute atomic E-state index is 13.7. The van der Waals surface area contributed by atoms with Crippen molar-refractivity contribution < 1.29 is 4.39 Å². The van der Waals surface area contributed by atoms with Gasteiger partial charge in [-0.05, 0) is 49.9 Å². The summed E-state index contributed by atoms with van der Waals surface area (Å²) in [6.07, 6.45) is 3.36. The molecule has 0 amide bonds. The number of benzene rings is 1. The zero-order valence-electron chi connectivity index (χ0n) is 12.5. The van der Waals surface area contributed by atoms with Gasteiger partial charge in [0.25, 0.3) is 0 Å². The molecule has 2 aliphatic rings. The number of likely N-dealkylation sites (tertiary alicyclic amines) is 1. The van der Waals surface area contributed by atoms with Crippen LogP contribution in [0.5, 0.6) is 0 Å². The Morgan fingerprint density at radius 1 is 1.05 bits per heavy atom. The van der Waals surface area contributed by atoms with Gasteiger partial charge in [-0.25, -0.2) is 4.39 Å². The Kier molecular flexibility index (Phi) is 5.90. The first-order valence-corrected chi connectivity index (χ1v) is 10.3. The van der Waals surface area contributed by atoms with Gasteiger partial charge in [-0.2, -0.15) is 23.5 Å². The highest BCUT2D eigenvalue weighted by Crippen LogP contribution is 2.27. The summed E-state index contributed by atoms with van der Waals surface area (Å²) in [4.78, 5) is 2.68. The summed E-state index contributed by atoms with van der Waals surface area (Å²) in [5, 5.41) is 0. The first-order valence-electron chi connectivity index (χ1n) is 7.96. The molecule has 116 valence electrons. The highest BCUT2D eigenvalue weighted by atomic mass is 32.2. The van der Waals surface area contributed by atoms with Crippen LogP contribution >= 0.6 is 23.5 Å². The summed E-state index contributed by atoms with van der Waals surface area (Å²) in [6.45, 7) is 2.40. The smallest absolute Gasteiger partial charge is 0.126 e. The lowest BCUT2D eigenvalue weighted by Gasteiger charge is -2.37. The summed E-state index contributed by atoms with van der Waals surface area (Å²) >= 11 is 4.22. The molecule has 2 aliphatic heterocycles. The van der Waals surface area contributed by atoms with Crippen molar-refractivity contribution in [3.8, 4) is 0 Å². The van der Waals surface area contributed by atoms with Gasteiger partial charge in [-0.3, -0.25) is 4.90 Å². The number of thioether (sulfide) groups is 2. The number of nitrogens with zero attached hydrogens (tertiary/aromatic N) is 1. The van der Waals surface area contributed by atoms with Crippen molar-refractivity contribution in [2.75, 3.05) is 36.1 Å². The van der Waals surface area contributed by atoms with Gasteiger partial charge in [0.05, 0.1) is 0 Å². The van der Waals surface area contributed by atoms with Crippen LogP contribution in [0.4, 0.5) is 4.39 Å². The van der Waals surface area contributed by atoms with Crippen LogP contribution in [0.3, 0.4) is 0 Å². The lowest BCUT2D eigenvalue weighted by atomic mass is 9.89. The molecule has 2 heterocycles. The second-order valence-corrected chi connectivity index (χ2v) is 8.38. The summed E-state index contributed by atoms with van der Waals surface area (Å²) in [6, 6.07) is 8.03. The predicted octanol–water partition coefficient (Wildman–Crippen LogP) is 3.93. The van der Waals surface area contributed by atoms with Crippen LogP contribution in [-0.4, -0.2) is 47.0 Å². The fourth-order valence-corrected chi connectivity index (χ4v) is 5.94. The van der Waals surface area contributed by atoms with Crippen molar-refractivity contribution in [2.24, 2.45) is 5.92 Å². The van der Waals surface area contributed by atoms with Crippen LogP contribution in [0.1, 0.15) is 18.4 Å². The van der Waals surface area contributed by atoms with E-state index in [0.717, 1.165) is 18.0 Å². The van der Waals surface area contributed by atoms with Gasteiger partial charge in [0.15, 0.2) is 0 Å². The third kappa shape index (κ3) is 4.40. The molecule has 0 bridgehead atoms. The largest absolute Gasteiger partial charge is 0.299 e. The van der Waals surface area contributed by atoms with Gasteiger partial charge in [-0.1, -0.05) is 18.2 Å². The molecule has 3 rings (SSSR count). The second kappa shape index (κ2) is 7.89. The van der Waals surface area contributed by atoms with Gasteiger partial charge < -0.3 is 0 Å². The quantitative estimate of drug-likeness (QED) is 0.829. The van der Waals surface area contributed by atoms with E-state index in [1.54, 1.807) is 12.1 Å². The highest BCUT2D eigenvalue weighted by molar-refractivity contribution is 8.03. The minimum absolute atomic E-state index is 0.0310. The molecule has 0 aromatic heterocycles. The number of hydrogen-bond donors (Lipinski definition) is 0. The molecule has 2 fully saturated rings. The van der Waals surface area contributed by atoms with E-state index in [1.165, 1.54) is 48.9 Å². The van der Waals surface area contributed by atoms with E-state index in [9.17, 15) is 4.39 Å². The molecule has 0 N–H and O–H groups in total. The van der Waals surface area contributed by atoms with Crippen LogP contribution < -0.4 is 0 Å². The third-order valence-corrected chi connectivity index (χ3v) is 7.11. The van der Waals surface area contributed by atoms with Crippen LogP contribution in [0.2, 0.25) is 0 Å². The molecule has 0 spiro atoms. The Morgan fingerprint density at radius 3 is 2.38 bits per heavy atom. The Balaban J connectivity index is 1.49. The monoisotopic (exact) mass is 325 g/mol. The molecule has 0 atom stereocenters. The predicted molar refractivity (Wildman–Crippen MR) is 92.8 cm³/mol. The molecule has 1 nitrogen and oxygen atoms in total. The van der Waals surface area contributed by atoms with E-state index in [1.807, 2.05) is 12.1 Å². The van der Waals surface area contributed by atoms with Crippen molar-refractivity contribution in [1.29, 1.82) is 0 Å². The van der Waals surface area contributed by atoms with Crippen molar-refractivity contribution in [2.45, 2.75) is 25.3 Å². The summed E-state index contributed by atoms with van der Waals surface area (Å²) < 4.78 is 13.7. The maximum atomic E-state index is 13.7. The molecular weight excluding hydrogens is 301 g/mol. The summed E-state index contributed by atoms with van der Waals surface area (Å²) in [5.41, 5.74) is 0.900. The Bertz CT molecular complexity index is 438. The molecule has 0 unspecified atom stereocenters. The molecule has 2 saturated heterocycles. The Hall–Kier alpha value is -0.190. The number of halogens is 1. The fourth-order valence-electron chi connectivity index (χ4n) is 3.31. The zero-order chi connectivity index (χ0) is 14.5. The van der Waals surface area contributed by atoms with Crippen molar-refractivity contribution >= 4 is 23.5 Å². The molecule has 1 aromatic rings. The molecular formula is C17H24FNS2. The van der Waals surface area contributed by atoms with E-state index in [-0.39, 0.29) is 5.82 Å². The number of hydrogen-bond acceptors (Lipinski definition) is 3.